The summed E-state index contributed by atoms with van der Waals surface area (Å²) in [4.78, 5) is 12.5. The van der Waals surface area contributed by atoms with E-state index in [4.69, 9.17) is 5.73 Å². The first-order chi connectivity index (χ1) is 7.75. The van der Waals surface area contributed by atoms with Gasteiger partial charge < -0.3 is 10.3 Å². The number of hydrogen-bond acceptors (Lipinski definition) is 4. The van der Waals surface area contributed by atoms with E-state index in [2.05, 4.69) is 26.4 Å². The van der Waals surface area contributed by atoms with Crippen molar-refractivity contribution in [3.63, 3.8) is 0 Å². The van der Waals surface area contributed by atoms with E-state index in [0.717, 1.165) is 11.6 Å². The molecule has 5 nitrogen and oxygen atoms in total. The lowest BCUT2D eigenvalue weighted by molar-refractivity contribution is 0.485. The smallest absolute Gasteiger partial charge is 0.165 e. The lowest BCUT2D eigenvalue weighted by Crippen LogP contribution is -2.05. The lowest BCUT2D eigenvalue weighted by Gasteiger charge is -2.12. The van der Waals surface area contributed by atoms with Crippen molar-refractivity contribution >= 4 is 17.0 Å². The molecular formula is C11H15N5. The highest BCUT2D eigenvalue weighted by Crippen LogP contribution is 2.37. The normalized spacial score (nSPS) is 17.8. The van der Waals surface area contributed by atoms with Crippen LogP contribution in [0.5, 0.6) is 0 Å². The summed E-state index contributed by atoms with van der Waals surface area (Å²) in [7, 11) is 0. The third-order valence-electron chi connectivity index (χ3n) is 3.23. The maximum Gasteiger partial charge on any atom is 0.165 e. The van der Waals surface area contributed by atoms with Gasteiger partial charge in [-0.1, -0.05) is 12.8 Å². The molecule has 2 N–H and O–H groups in total. The van der Waals surface area contributed by atoms with Crippen molar-refractivity contribution in [2.24, 2.45) is 5.92 Å². The van der Waals surface area contributed by atoms with Crippen LogP contribution in [0, 0.1) is 5.92 Å². The number of hydrogen-bond donors (Lipinski definition) is 1. The van der Waals surface area contributed by atoms with Gasteiger partial charge in [0.15, 0.2) is 11.5 Å². The van der Waals surface area contributed by atoms with Crippen molar-refractivity contribution in [3.8, 4) is 0 Å². The minimum Gasteiger partial charge on any atom is -0.382 e. The Morgan fingerprint density at radius 3 is 3.00 bits per heavy atom. The molecule has 2 heterocycles. The second kappa shape index (κ2) is 3.43. The Labute approximate surface area is 93.7 Å². The molecule has 1 saturated carbocycles. The van der Waals surface area contributed by atoms with Gasteiger partial charge in [0.1, 0.15) is 11.8 Å². The van der Waals surface area contributed by atoms with Gasteiger partial charge >= 0.3 is 0 Å². The number of nitrogens with zero attached hydrogens (tertiary/aromatic N) is 4. The predicted molar refractivity (Wildman–Crippen MR) is 61.8 cm³/mol. The highest BCUT2D eigenvalue weighted by molar-refractivity contribution is 5.81. The fourth-order valence-corrected chi connectivity index (χ4v) is 2.14. The van der Waals surface area contributed by atoms with E-state index in [0.29, 0.717) is 17.4 Å². The summed E-state index contributed by atoms with van der Waals surface area (Å²) in [5.41, 5.74) is 7.32. The number of imidazole rings is 1. The molecular weight excluding hydrogens is 202 g/mol. The molecule has 2 aromatic heterocycles. The maximum absolute atomic E-state index is 5.76. The number of aromatic nitrogens is 4. The minimum absolute atomic E-state index is 0.437. The van der Waals surface area contributed by atoms with E-state index in [-0.39, 0.29) is 0 Å². The molecule has 1 aliphatic carbocycles. The van der Waals surface area contributed by atoms with Crippen molar-refractivity contribution in [3.05, 3.63) is 12.7 Å². The van der Waals surface area contributed by atoms with Crippen LogP contribution in [0.2, 0.25) is 0 Å². The Morgan fingerprint density at radius 2 is 2.25 bits per heavy atom. The Morgan fingerprint density at radius 1 is 1.44 bits per heavy atom. The molecule has 2 aromatic rings. The lowest BCUT2D eigenvalue weighted by atomic mass is 10.1. The SMILES string of the molecule is C[C@@H](CC1CC1)n1cnc2c(N)ncnc21. The first-order valence-electron chi connectivity index (χ1n) is 5.68. The van der Waals surface area contributed by atoms with Gasteiger partial charge in [0.2, 0.25) is 0 Å². The molecule has 3 rings (SSSR count). The molecule has 0 radical (unpaired) electrons. The summed E-state index contributed by atoms with van der Waals surface area (Å²) < 4.78 is 2.10. The highest BCUT2D eigenvalue weighted by Gasteiger charge is 2.25. The monoisotopic (exact) mass is 217 g/mol. The van der Waals surface area contributed by atoms with E-state index < -0.39 is 0 Å². The molecule has 0 unspecified atom stereocenters. The maximum atomic E-state index is 5.76. The average Bonchev–Trinajstić information content (AvgIpc) is 2.96. The van der Waals surface area contributed by atoms with Crippen LogP contribution < -0.4 is 5.73 Å². The predicted octanol–water partition coefficient (Wildman–Crippen LogP) is 1.77. The molecule has 1 aliphatic rings. The van der Waals surface area contributed by atoms with Crippen LogP contribution in [0.15, 0.2) is 12.7 Å². The van der Waals surface area contributed by atoms with E-state index in [9.17, 15) is 0 Å². The molecule has 0 spiro atoms. The van der Waals surface area contributed by atoms with Crippen LogP contribution in [0.25, 0.3) is 11.2 Å². The summed E-state index contributed by atoms with van der Waals surface area (Å²) in [6, 6.07) is 0.437. The second-order valence-corrected chi connectivity index (χ2v) is 4.61. The molecule has 0 aromatic carbocycles. The van der Waals surface area contributed by atoms with Gasteiger partial charge in [-0.25, -0.2) is 15.0 Å². The topological polar surface area (TPSA) is 69.6 Å². The fourth-order valence-electron chi connectivity index (χ4n) is 2.14. The van der Waals surface area contributed by atoms with Crippen molar-refractivity contribution in [1.29, 1.82) is 0 Å². The van der Waals surface area contributed by atoms with E-state index >= 15 is 0 Å². The zero-order valence-corrected chi connectivity index (χ0v) is 9.30. The number of nitrogens with two attached hydrogens (primary N) is 1. The van der Waals surface area contributed by atoms with Crippen molar-refractivity contribution in [1.82, 2.24) is 19.5 Å². The Hall–Kier alpha value is -1.65. The third kappa shape index (κ3) is 1.52. The quantitative estimate of drug-likeness (QED) is 0.850. The minimum atomic E-state index is 0.437. The summed E-state index contributed by atoms with van der Waals surface area (Å²) in [5, 5.41) is 0. The summed E-state index contributed by atoms with van der Waals surface area (Å²) in [6.07, 6.45) is 7.26. The van der Waals surface area contributed by atoms with Crippen molar-refractivity contribution < 1.29 is 0 Å². The number of rotatable bonds is 3. The second-order valence-electron chi connectivity index (χ2n) is 4.61. The van der Waals surface area contributed by atoms with Crippen LogP contribution in [0.4, 0.5) is 5.82 Å². The first-order valence-corrected chi connectivity index (χ1v) is 5.68. The van der Waals surface area contributed by atoms with Gasteiger partial charge in [0.05, 0.1) is 6.33 Å². The molecule has 0 aliphatic heterocycles. The van der Waals surface area contributed by atoms with Gasteiger partial charge in [-0.05, 0) is 19.3 Å². The van der Waals surface area contributed by atoms with Gasteiger partial charge in [-0.2, -0.15) is 0 Å². The van der Waals surface area contributed by atoms with E-state index in [1.807, 2.05) is 6.33 Å². The first kappa shape index (κ1) is 9.57. The standard InChI is InChI=1S/C11H15N5/c1-7(4-8-2-3-8)16-6-15-9-10(12)13-5-14-11(9)16/h5-8H,2-4H2,1H3,(H2,12,13,14)/t7-/m0/s1. The molecule has 1 fully saturated rings. The Balaban J connectivity index is 1.99. The van der Waals surface area contributed by atoms with Gasteiger partial charge in [-0.3, -0.25) is 0 Å². The Kier molecular flexibility index (Phi) is 2.05. The van der Waals surface area contributed by atoms with Crippen LogP contribution in [0.3, 0.4) is 0 Å². The van der Waals surface area contributed by atoms with E-state index in [1.165, 1.54) is 25.6 Å². The molecule has 0 bridgehead atoms. The number of anilines is 1. The van der Waals surface area contributed by atoms with Crippen LogP contribution in [-0.2, 0) is 0 Å². The van der Waals surface area contributed by atoms with Crippen LogP contribution >= 0.6 is 0 Å². The van der Waals surface area contributed by atoms with Gasteiger partial charge in [0.25, 0.3) is 0 Å². The summed E-state index contributed by atoms with van der Waals surface area (Å²) >= 11 is 0. The largest absolute Gasteiger partial charge is 0.382 e. The van der Waals surface area contributed by atoms with Gasteiger partial charge in [-0.15, -0.1) is 0 Å². The zero-order chi connectivity index (χ0) is 11.1. The molecule has 0 saturated heterocycles. The Bertz CT molecular complexity index is 514. The molecule has 84 valence electrons. The molecule has 1 atom stereocenters. The van der Waals surface area contributed by atoms with Crippen LogP contribution in [-0.4, -0.2) is 19.5 Å². The van der Waals surface area contributed by atoms with Crippen LogP contribution in [0.1, 0.15) is 32.2 Å². The van der Waals surface area contributed by atoms with Crippen molar-refractivity contribution in [2.75, 3.05) is 5.73 Å². The number of nitrogen functional groups attached to an aromatic ring is 1. The van der Waals surface area contributed by atoms with Crippen molar-refractivity contribution in [2.45, 2.75) is 32.2 Å². The zero-order valence-electron chi connectivity index (χ0n) is 9.30. The third-order valence-corrected chi connectivity index (χ3v) is 3.23. The average molecular weight is 217 g/mol. The highest BCUT2D eigenvalue weighted by atomic mass is 15.1. The van der Waals surface area contributed by atoms with E-state index in [1.54, 1.807) is 0 Å². The van der Waals surface area contributed by atoms with Gasteiger partial charge in [0, 0.05) is 6.04 Å². The number of fused-ring (bicyclic) bond motifs is 1. The fraction of sp³-hybridized carbons (Fsp3) is 0.545. The molecule has 0 amide bonds. The molecule has 16 heavy (non-hydrogen) atoms. The summed E-state index contributed by atoms with van der Waals surface area (Å²) in [5.74, 6) is 1.36. The molecule has 5 heteroatoms. The summed E-state index contributed by atoms with van der Waals surface area (Å²) in [6.45, 7) is 2.21.